The van der Waals surface area contributed by atoms with Gasteiger partial charge < -0.3 is 16.2 Å². The van der Waals surface area contributed by atoms with E-state index in [2.05, 4.69) is 23.8 Å². The maximum Gasteiger partial charge on any atom is 0.236 e. The molecule has 84 valence electrons. The van der Waals surface area contributed by atoms with Gasteiger partial charge in [-0.2, -0.15) is 0 Å². The summed E-state index contributed by atoms with van der Waals surface area (Å²) in [6.07, 6.45) is 0. The number of aryl methyl sites for hydroxylation is 1. The largest absolute Gasteiger partial charge is 0.383 e. The summed E-state index contributed by atoms with van der Waals surface area (Å²) in [6, 6.07) is 9.59. The first kappa shape index (κ1) is 13.6. The molecule has 0 unspecified atom stereocenters. The van der Waals surface area contributed by atoms with Crippen LogP contribution in [0.15, 0.2) is 30.3 Å². The molecule has 0 bridgehead atoms. The van der Waals surface area contributed by atoms with Crippen LogP contribution in [-0.4, -0.2) is 25.7 Å². The van der Waals surface area contributed by atoms with E-state index in [-0.39, 0.29) is 6.61 Å². The van der Waals surface area contributed by atoms with Crippen LogP contribution in [-0.2, 0) is 9.53 Å². The Morgan fingerprint density at radius 1 is 1.40 bits per heavy atom. The SMILES string of the molecule is COC[C@H](N)C(N)=O.Cc1ccccc1. The molecule has 0 radical (unpaired) electrons. The van der Waals surface area contributed by atoms with E-state index in [4.69, 9.17) is 11.5 Å². The molecule has 1 atom stereocenters. The van der Waals surface area contributed by atoms with E-state index >= 15 is 0 Å². The predicted octanol–water partition coefficient (Wildman–Crippen LogP) is 0.440. The molecular formula is C11H18N2O2. The lowest BCUT2D eigenvalue weighted by Gasteiger charge is -2.02. The summed E-state index contributed by atoms with van der Waals surface area (Å²) in [7, 11) is 1.46. The molecule has 1 aromatic carbocycles. The Morgan fingerprint density at radius 3 is 2.13 bits per heavy atom. The molecule has 0 saturated heterocycles. The lowest BCUT2D eigenvalue weighted by atomic mass is 10.2. The summed E-state index contributed by atoms with van der Waals surface area (Å²) in [6.45, 7) is 2.27. The van der Waals surface area contributed by atoms with Crippen molar-refractivity contribution >= 4 is 5.91 Å². The lowest BCUT2D eigenvalue weighted by molar-refractivity contribution is -0.120. The van der Waals surface area contributed by atoms with Crippen LogP contribution in [0.2, 0.25) is 0 Å². The van der Waals surface area contributed by atoms with Crippen LogP contribution >= 0.6 is 0 Å². The van der Waals surface area contributed by atoms with Crippen molar-refractivity contribution in [1.82, 2.24) is 0 Å². The first-order valence-corrected chi connectivity index (χ1v) is 4.63. The average Bonchev–Trinajstić information content (AvgIpc) is 2.20. The molecule has 15 heavy (non-hydrogen) atoms. The van der Waals surface area contributed by atoms with Gasteiger partial charge in [-0.05, 0) is 6.92 Å². The monoisotopic (exact) mass is 210 g/mol. The van der Waals surface area contributed by atoms with Gasteiger partial charge in [0.25, 0.3) is 0 Å². The van der Waals surface area contributed by atoms with Gasteiger partial charge in [0.1, 0.15) is 6.04 Å². The number of carbonyl (C=O) groups is 1. The molecule has 4 N–H and O–H groups in total. The molecule has 1 rings (SSSR count). The summed E-state index contributed by atoms with van der Waals surface area (Å²) in [5.74, 6) is -0.535. The van der Waals surface area contributed by atoms with Gasteiger partial charge in [-0.15, -0.1) is 0 Å². The second-order valence-corrected chi connectivity index (χ2v) is 3.12. The lowest BCUT2D eigenvalue weighted by Crippen LogP contribution is -2.39. The number of primary amides is 1. The second kappa shape index (κ2) is 7.96. The Morgan fingerprint density at radius 2 is 1.93 bits per heavy atom. The van der Waals surface area contributed by atoms with Gasteiger partial charge >= 0.3 is 0 Å². The van der Waals surface area contributed by atoms with Gasteiger partial charge in [-0.25, -0.2) is 0 Å². The minimum absolute atomic E-state index is 0.190. The topological polar surface area (TPSA) is 78.3 Å². The number of ether oxygens (including phenoxy) is 1. The van der Waals surface area contributed by atoms with E-state index in [9.17, 15) is 4.79 Å². The van der Waals surface area contributed by atoms with Crippen LogP contribution < -0.4 is 11.5 Å². The van der Waals surface area contributed by atoms with Crippen LogP contribution in [0.5, 0.6) is 0 Å². The number of methoxy groups -OCH3 is 1. The van der Waals surface area contributed by atoms with E-state index in [1.54, 1.807) is 0 Å². The summed E-state index contributed by atoms with van der Waals surface area (Å²) in [5.41, 5.74) is 11.2. The van der Waals surface area contributed by atoms with E-state index in [1.807, 2.05) is 18.2 Å². The molecule has 0 spiro atoms. The number of nitrogens with two attached hydrogens (primary N) is 2. The number of carbonyl (C=O) groups excluding carboxylic acids is 1. The summed E-state index contributed by atoms with van der Waals surface area (Å²) in [4.78, 5) is 10.1. The van der Waals surface area contributed by atoms with Crippen LogP contribution in [0, 0.1) is 6.92 Å². The Hall–Kier alpha value is -1.39. The van der Waals surface area contributed by atoms with Crippen LogP contribution in [0.4, 0.5) is 0 Å². The Balaban J connectivity index is 0.000000262. The molecule has 0 aliphatic rings. The maximum absolute atomic E-state index is 10.1. The Bertz CT molecular complexity index is 275. The first-order chi connectivity index (χ1) is 7.07. The van der Waals surface area contributed by atoms with Gasteiger partial charge in [0, 0.05) is 7.11 Å². The number of benzene rings is 1. The third-order valence-electron chi connectivity index (χ3n) is 1.65. The molecule has 0 aromatic heterocycles. The van der Waals surface area contributed by atoms with Crippen molar-refractivity contribution < 1.29 is 9.53 Å². The van der Waals surface area contributed by atoms with Crippen molar-refractivity contribution in [1.29, 1.82) is 0 Å². The molecule has 4 nitrogen and oxygen atoms in total. The van der Waals surface area contributed by atoms with Crippen LogP contribution in [0.3, 0.4) is 0 Å². The second-order valence-electron chi connectivity index (χ2n) is 3.12. The Labute approximate surface area is 90.2 Å². The van der Waals surface area contributed by atoms with Crippen LogP contribution in [0.1, 0.15) is 5.56 Å². The average molecular weight is 210 g/mol. The number of amides is 1. The zero-order chi connectivity index (χ0) is 11.7. The third kappa shape index (κ3) is 7.66. The third-order valence-corrected chi connectivity index (χ3v) is 1.65. The first-order valence-electron chi connectivity index (χ1n) is 4.63. The normalized spacial score (nSPS) is 11.1. The smallest absolute Gasteiger partial charge is 0.236 e. The van der Waals surface area contributed by atoms with Gasteiger partial charge in [0.2, 0.25) is 5.91 Å². The maximum atomic E-state index is 10.1. The van der Waals surface area contributed by atoms with Crippen molar-refractivity contribution in [2.24, 2.45) is 11.5 Å². The van der Waals surface area contributed by atoms with Crippen molar-refractivity contribution in [3.05, 3.63) is 35.9 Å². The molecule has 0 aliphatic carbocycles. The molecule has 0 aliphatic heterocycles. The quantitative estimate of drug-likeness (QED) is 0.759. The van der Waals surface area contributed by atoms with Crippen molar-refractivity contribution in [2.45, 2.75) is 13.0 Å². The standard InChI is InChI=1S/C7H8.C4H10N2O2/c1-7-5-3-2-4-6-7;1-8-2-3(5)4(6)7/h2-6H,1H3;3H,2,5H2,1H3,(H2,6,7)/t;3-/m.0/s1. The minimum Gasteiger partial charge on any atom is -0.383 e. The zero-order valence-corrected chi connectivity index (χ0v) is 9.14. The molecule has 0 heterocycles. The predicted molar refractivity (Wildman–Crippen MR) is 60.2 cm³/mol. The highest BCUT2D eigenvalue weighted by Gasteiger charge is 2.06. The highest BCUT2D eigenvalue weighted by Crippen LogP contribution is 1.92. The fraction of sp³-hybridized carbons (Fsp3) is 0.364. The fourth-order valence-corrected chi connectivity index (χ4v) is 0.796. The van der Waals surface area contributed by atoms with E-state index in [0.717, 1.165) is 0 Å². The van der Waals surface area contributed by atoms with E-state index < -0.39 is 11.9 Å². The molecule has 0 fully saturated rings. The number of hydrogen-bond acceptors (Lipinski definition) is 3. The van der Waals surface area contributed by atoms with Crippen LogP contribution in [0.25, 0.3) is 0 Å². The van der Waals surface area contributed by atoms with Gasteiger partial charge in [-0.1, -0.05) is 35.9 Å². The molecule has 0 saturated carbocycles. The molecular weight excluding hydrogens is 192 g/mol. The highest BCUT2D eigenvalue weighted by atomic mass is 16.5. The number of rotatable bonds is 3. The van der Waals surface area contributed by atoms with Crippen molar-refractivity contribution in [3.8, 4) is 0 Å². The highest BCUT2D eigenvalue weighted by molar-refractivity contribution is 5.79. The van der Waals surface area contributed by atoms with E-state index in [1.165, 1.54) is 12.7 Å². The Kier molecular flexibility index (Phi) is 7.23. The fourth-order valence-electron chi connectivity index (χ4n) is 0.796. The molecule has 4 heteroatoms. The minimum atomic E-state index is -0.667. The van der Waals surface area contributed by atoms with Gasteiger partial charge in [0.15, 0.2) is 0 Å². The van der Waals surface area contributed by atoms with Gasteiger partial charge in [0.05, 0.1) is 6.61 Å². The number of hydrogen-bond donors (Lipinski definition) is 2. The van der Waals surface area contributed by atoms with Crippen molar-refractivity contribution in [2.75, 3.05) is 13.7 Å². The summed E-state index contributed by atoms with van der Waals surface area (Å²) >= 11 is 0. The van der Waals surface area contributed by atoms with Gasteiger partial charge in [-0.3, -0.25) is 4.79 Å². The molecule has 1 aromatic rings. The zero-order valence-electron chi connectivity index (χ0n) is 9.14. The van der Waals surface area contributed by atoms with Crippen molar-refractivity contribution in [3.63, 3.8) is 0 Å². The summed E-state index contributed by atoms with van der Waals surface area (Å²) < 4.78 is 4.54. The molecule has 1 amide bonds. The summed E-state index contributed by atoms with van der Waals surface area (Å²) in [5, 5.41) is 0. The van der Waals surface area contributed by atoms with E-state index in [0.29, 0.717) is 0 Å².